The van der Waals surface area contributed by atoms with Crippen molar-refractivity contribution in [3.63, 3.8) is 0 Å². The largest absolute Gasteiger partial charge is 0.352 e. The van der Waals surface area contributed by atoms with Crippen LogP contribution in [0.25, 0.3) is 0 Å². The van der Waals surface area contributed by atoms with E-state index in [4.69, 9.17) is 0 Å². The maximum absolute atomic E-state index is 12.9. The first-order chi connectivity index (χ1) is 12.5. The second kappa shape index (κ2) is 10.0. The Labute approximate surface area is 160 Å². The summed E-state index contributed by atoms with van der Waals surface area (Å²) in [5.74, 6) is 0.124. The zero-order valence-corrected chi connectivity index (χ0v) is 16.3. The number of nitrogens with zero attached hydrogens (tertiary/aromatic N) is 1. The second-order valence-electron chi connectivity index (χ2n) is 6.45. The zero-order valence-electron chi connectivity index (χ0n) is 15.5. The number of rotatable bonds is 8. The van der Waals surface area contributed by atoms with Crippen LogP contribution >= 0.6 is 11.8 Å². The van der Waals surface area contributed by atoms with E-state index >= 15 is 0 Å². The van der Waals surface area contributed by atoms with Crippen LogP contribution in [0, 0.1) is 0 Å². The molecule has 1 N–H and O–H groups in total. The number of benzene rings is 2. The maximum Gasteiger partial charge on any atom is 0.242 e. The lowest BCUT2D eigenvalue weighted by Gasteiger charge is -2.29. The average molecular weight is 371 g/mol. The molecule has 0 spiro atoms. The van der Waals surface area contributed by atoms with E-state index in [9.17, 15) is 9.59 Å². The van der Waals surface area contributed by atoms with Gasteiger partial charge in [0.05, 0.1) is 5.75 Å². The Morgan fingerprint density at radius 3 is 2.12 bits per heavy atom. The number of carbonyl (C=O) groups is 2. The van der Waals surface area contributed by atoms with Crippen molar-refractivity contribution in [3.8, 4) is 0 Å². The molecular formula is C21H26N2O2S. The lowest BCUT2D eigenvalue weighted by Crippen LogP contribution is -2.49. The standard InChI is InChI=1S/C21H26N2O2S/c1-16(2)22-21(25)17(3)23(14-18-10-6-4-7-11-18)20(24)15-26-19-12-8-5-9-13-19/h4-13,16-17H,14-15H2,1-3H3,(H,22,25). The Bertz CT molecular complexity index is 704. The molecule has 0 aliphatic rings. The van der Waals surface area contributed by atoms with Gasteiger partial charge in [0.15, 0.2) is 0 Å². The summed E-state index contributed by atoms with van der Waals surface area (Å²) >= 11 is 1.49. The minimum atomic E-state index is -0.526. The molecule has 1 unspecified atom stereocenters. The van der Waals surface area contributed by atoms with Gasteiger partial charge in [-0.2, -0.15) is 0 Å². The molecule has 1 atom stereocenters. The van der Waals surface area contributed by atoms with Crippen LogP contribution in [0.4, 0.5) is 0 Å². The molecule has 138 valence electrons. The minimum absolute atomic E-state index is 0.0392. The van der Waals surface area contributed by atoms with Gasteiger partial charge in [-0.3, -0.25) is 9.59 Å². The second-order valence-corrected chi connectivity index (χ2v) is 7.50. The van der Waals surface area contributed by atoms with Crippen molar-refractivity contribution in [1.29, 1.82) is 0 Å². The normalized spacial score (nSPS) is 11.8. The third-order valence-corrected chi connectivity index (χ3v) is 4.90. The molecule has 0 fully saturated rings. The summed E-state index contributed by atoms with van der Waals surface area (Å²) < 4.78 is 0. The van der Waals surface area contributed by atoms with Gasteiger partial charge in [0.25, 0.3) is 0 Å². The predicted octanol–water partition coefficient (Wildman–Crippen LogP) is 3.72. The molecule has 5 heteroatoms. The number of nitrogens with one attached hydrogen (secondary N) is 1. The van der Waals surface area contributed by atoms with Gasteiger partial charge in [-0.05, 0) is 38.5 Å². The fourth-order valence-electron chi connectivity index (χ4n) is 2.51. The Balaban J connectivity index is 2.10. The molecule has 0 heterocycles. The van der Waals surface area contributed by atoms with Crippen LogP contribution in [-0.2, 0) is 16.1 Å². The molecule has 0 radical (unpaired) electrons. The monoisotopic (exact) mass is 370 g/mol. The summed E-state index contributed by atoms with van der Waals surface area (Å²) in [7, 11) is 0. The molecule has 0 aliphatic carbocycles. The van der Waals surface area contributed by atoms with E-state index in [1.165, 1.54) is 11.8 Å². The highest BCUT2D eigenvalue weighted by Gasteiger charge is 2.26. The third kappa shape index (κ3) is 6.23. The molecule has 0 saturated carbocycles. The van der Waals surface area contributed by atoms with Crippen molar-refractivity contribution in [1.82, 2.24) is 10.2 Å². The van der Waals surface area contributed by atoms with E-state index in [1.807, 2.05) is 74.5 Å². The molecule has 0 saturated heterocycles. The minimum Gasteiger partial charge on any atom is -0.352 e. The van der Waals surface area contributed by atoms with Crippen LogP contribution in [0.3, 0.4) is 0 Å². The molecule has 0 aromatic heterocycles. The lowest BCUT2D eigenvalue weighted by atomic mass is 10.1. The summed E-state index contributed by atoms with van der Waals surface area (Å²) in [5.41, 5.74) is 1.01. The number of hydrogen-bond donors (Lipinski definition) is 1. The topological polar surface area (TPSA) is 49.4 Å². The smallest absolute Gasteiger partial charge is 0.242 e. The molecule has 0 bridgehead atoms. The van der Waals surface area contributed by atoms with Crippen molar-refractivity contribution in [2.24, 2.45) is 0 Å². The average Bonchev–Trinajstić information content (AvgIpc) is 2.64. The van der Waals surface area contributed by atoms with Gasteiger partial charge in [0.2, 0.25) is 11.8 Å². The quantitative estimate of drug-likeness (QED) is 0.721. The van der Waals surface area contributed by atoms with Gasteiger partial charge >= 0.3 is 0 Å². The molecule has 4 nitrogen and oxygen atoms in total. The molecule has 2 aromatic rings. The molecule has 2 rings (SSSR count). The highest BCUT2D eigenvalue weighted by molar-refractivity contribution is 8.00. The summed E-state index contributed by atoms with van der Waals surface area (Å²) in [6.45, 7) is 6.03. The van der Waals surface area contributed by atoms with E-state index in [1.54, 1.807) is 11.8 Å². The van der Waals surface area contributed by atoms with Gasteiger partial charge < -0.3 is 10.2 Å². The fraction of sp³-hybridized carbons (Fsp3) is 0.333. The maximum atomic E-state index is 12.9. The number of amides is 2. The van der Waals surface area contributed by atoms with Crippen LogP contribution in [-0.4, -0.2) is 34.6 Å². The molecular weight excluding hydrogens is 344 g/mol. The number of hydrogen-bond acceptors (Lipinski definition) is 3. The highest BCUT2D eigenvalue weighted by atomic mass is 32.2. The first-order valence-electron chi connectivity index (χ1n) is 8.79. The van der Waals surface area contributed by atoms with Gasteiger partial charge in [0, 0.05) is 17.5 Å². The molecule has 2 amide bonds. The van der Waals surface area contributed by atoms with Gasteiger partial charge in [-0.15, -0.1) is 11.8 Å². The Morgan fingerprint density at radius 2 is 1.54 bits per heavy atom. The first kappa shape index (κ1) is 20.0. The van der Waals surface area contributed by atoms with Crippen LogP contribution in [0.2, 0.25) is 0 Å². The number of thioether (sulfide) groups is 1. The Hall–Kier alpha value is -2.27. The van der Waals surface area contributed by atoms with E-state index in [0.717, 1.165) is 10.5 Å². The van der Waals surface area contributed by atoms with Crippen molar-refractivity contribution in [2.45, 2.75) is 44.3 Å². The zero-order chi connectivity index (χ0) is 18.9. The van der Waals surface area contributed by atoms with Gasteiger partial charge in [0.1, 0.15) is 6.04 Å². The van der Waals surface area contributed by atoms with Crippen molar-refractivity contribution < 1.29 is 9.59 Å². The molecule has 26 heavy (non-hydrogen) atoms. The van der Waals surface area contributed by atoms with E-state index in [0.29, 0.717) is 12.3 Å². The van der Waals surface area contributed by atoms with E-state index in [-0.39, 0.29) is 17.9 Å². The van der Waals surface area contributed by atoms with Crippen LogP contribution < -0.4 is 5.32 Å². The van der Waals surface area contributed by atoms with Gasteiger partial charge in [-0.25, -0.2) is 0 Å². The summed E-state index contributed by atoms with van der Waals surface area (Å²) in [6, 6.07) is 19.1. The van der Waals surface area contributed by atoms with E-state index < -0.39 is 6.04 Å². The van der Waals surface area contributed by atoms with Crippen LogP contribution in [0.1, 0.15) is 26.3 Å². The van der Waals surface area contributed by atoms with Crippen LogP contribution in [0.5, 0.6) is 0 Å². The lowest BCUT2D eigenvalue weighted by molar-refractivity contribution is -0.138. The molecule has 0 aliphatic heterocycles. The summed E-state index contributed by atoms with van der Waals surface area (Å²) in [4.78, 5) is 28.0. The molecule has 2 aromatic carbocycles. The predicted molar refractivity (Wildman–Crippen MR) is 107 cm³/mol. The van der Waals surface area contributed by atoms with E-state index in [2.05, 4.69) is 5.32 Å². The Morgan fingerprint density at radius 1 is 0.962 bits per heavy atom. The SMILES string of the molecule is CC(C)NC(=O)C(C)N(Cc1ccccc1)C(=O)CSc1ccccc1. The Kier molecular flexibility index (Phi) is 7.73. The summed E-state index contributed by atoms with van der Waals surface area (Å²) in [6.07, 6.45) is 0. The third-order valence-electron chi connectivity index (χ3n) is 3.90. The van der Waals surface area contributed by atoms with Crippen molar-refractivity contribution in [3.05, 3.63) is 66.2 Å². The van der Waals surface area contributed by atoms with Crippen LogP contribution in [0.15, 0.2) is 65.6 Å². The highest BCUT2D eigenvalue weighted by Crippen LogP contribution is 2.19. The number of carbonyl (C=O) groups excluding carboxylic acids is 2. The van der Waals surface area contributed by atoms with Gasteiger partial charge in [-0.1, -0.05) is 48.5 Å². The van der Waals surface area contributed by atoms with Crippen molar-refractivity contribution >= 4 is 23.6 Å². The van der Waals surface area contributed by atoms with Crippen molar-refractivity contribution in [2.75, 3.05) is 5.75 Å². The fourth-order valence-corrected chi connectivity index (χ4v) is 3.32. The first-order valence-corrected chi connectivity index (χ1v) is 9.77. The summed E-state index contributed by atoms with van der Waals surface area (Å²) in [5, 5.41) is 2.90.